The van der Waals surface area contributed by atoms with E-state index in [1.165, 1.54) is 33.3 Å². The molecular weight excluding hydrogens is 390 g/mol. The van der Waals surface area contributed by atoms with E-state index in [1.54, 1.807) is 6.07 Å². The van der Waals surface area contributed by atoms with E-state index in [0.29, 0.717) is 11.4 Å². The molecule has 0 bridgehead atoms. The molecule has 1 N–H and O–H groups in total. The van der Waals surface area contributed by atoms with E-state index in [4.69, 9.17) is 4.74 Å². The van der Waals surface area contributed by atoms with Crippen molar-refractivity contribution in [2.45, 2.75) is 23.8 Å². The van der Waals surface area contributed by atoms with Gasteiger partial charge in [0.25, 0.3) is 0 Å². The molecule has 0 radical (unpaired) electrons. The van der Waals surface area contributed by atoms with Crippen LogP contribution < -0.4 is 10.1 Å². The molecule has 2 aromatic rings. The average Bonchev–Trinajstić information content (AvgIpc) is 3.23. The van der Waals surface area contributed by atoms with E-state index in [9.17, 15) is 13.2 Å². The Labute approximate surface area is 172 Å². The van der Waals surface area contributed by atoms with Gasteiger partial charge in [0.1, 0.15) is 11.8 Å². The Morgan fingerprint density at radius 1 is 1.10 bits per heavy atom. The number of anilines is 1. The van der Waals surface area contributed by atoms with Crippen LogP contribution in [-0.4, -0.2) is 57.8 Å². The average molecular weight is 418 g/mol. The molecule has 0 saturated carbocycles. The fourth-order valence-electron chi connectivity index (χ4n) is 3.52. The van der Waals surface area contributed by atoms with Crippen LogP contribution in [0.5, 0.6) is 5.75 Å². The molecule has 0 aromatic heterocycles. The number of benzene rings is 2. The number of methoxy groups -OCH3 is 1. The van der Waals surface area contributed by atoms with Gasteiger partial charge in [0.2, 0.25) is 15.9 Å². The number of likely N-dealkylation sites (tertiary alicyclic amines) is 1. The molecule has 1 saturated heterocycles. The van der Waals surface area contributed by atoms with Gasteiger partial charge in [-0.05, 0) is 49.7 Å². The predicted molar refractivity (Wildman–Crippen MR) is 112 cm³/mol. The minimum atomic E-state index is -3.63. The fourth-order valence-corrected chi connectivity index (χ4v) is 4.45. The van der Waals surface area contributed by atoms with Gasteiger partial charge in [0, 0.05) is 14.1 Å². The molecule has 1 fully saturated rings. The van der Waals surface area contributed by atoms with E-state index < -0.39 is 16.1 Å². The van der Waals surface area contributed by atoms with Crippen molar-refractivity contribution in [3.63, 3.8) is 0 Å². The SMILES string of the molecule is COc1ccc(S(=O)(=O)N(C)C)cc1NC(=O)C(c1ccccc1)N1CCCC1. The van der Waals surface area contributed by atoms with Crippen LogP contribution in [0.1, 0.15) is 24.4 Å². The van der Waals surface area contributed by atoms with Crippen LogP contribution in [0, 0.1) is 0 Å². The molecule has 3 rings (SSSR count). The van der Waals surface area contributed by atoms with Crippen molar-refractivity contribution in [2.24, 2.45) is 0 Å². The molecule has 1 atom stereocenters. The number of hydrogen-bond donors (Lipinski definition) is 1. The summed E-state index contributed by atoms with van der Waals surface area (Å²) in [6.07, 6.45) is 2.10. The Bertz CT molecular complexity index is 955. The number of nitrogens with one attached hydrogen (secondary N) is 1. The normalized spacial score (nSPS) is 16.0. The summed E-state index contributed by atoms with van der Waals surface area (Å²) in [6.45, 7) is 1.69. The smallest absolute Gasteiger partial charge is 0.246 e. The monoisotopic (exact) mass is 417 g/mol. The number of amides is 1. The molecule has 1 aliphatic heterocycles. The number of rotatable bonds is 7. The summed E-state index contributed by atoms with van der Waals surface area (Å²) < 4.78 is 31.5. The second kappa shape index (κ2) is 8.94. The fraction of sp³-hybridized carbons (Fsp3) is 0.381. The van der Waals surface area contributed by atoms with Gasteiger partial charge in [-0.1, -0.05) is 30.3 Å². The van der Waals surface area contributed by atoms with E-state index in [1.807, 2.05) is 30.3 Å². The lowest BCUT2D eigenvalue weighted by Crippen LogP contribution is -2.35. The quantitative estimate of drug-likeness (QED) is 0.749. The summed E-state index contributed by atoms with van der Waals surface area (Å²) in [4.78, 5) is 15.5. The minimum absolute atomic E-state index is 0.0935. The Morgan fingerprint density at radius 3 is 2.34 bits per heavy atom. The van der Waals surface area contributed by atoms with Crippen LogP contribution in [0.15, 0.2) is 53.4 Å². The molecule has 2 aromatic carbocycles. The van der Waals surface area contributed by atoms with Crippen molar-refractivity contribution in [3.05, 3.63) is 54.1 Å². The molecule has 1 unspecified atom stereocenters. The number of sulfonamides is 1. The van der Waals surface area contributed by atoms with E-state index in [-0.39, 0.29) is 10.8 Å². The van der Waals surface area contributed by atoms with Crippen molar-refractivity contribution in [3.8, 4) is 5.75 Å². The highest BCUT2D eigenvalue weighted by Gasteiger charge is 2.30. The van der Waals surface area contributed by atoms with Crippen molar-refractivity contribution < 1.29 is 17.9 Å². The molecule has 7 nitrogen and oxygen atoms in total. The summed E-state index contributed by atoms with van der Waals surface area (Å²) in [5, 5.41) is 2.90. The second-order valence-electron chi connectivity index (χ2n) is 7.20. The highest BCUT2D eigenvalue weighted by Crippen LogP contribution is 2.31. The van der Waals surface area contributed by atoms with E-state index >= 15 is 0 Å². The number of carbonyl (C=O) groups excluding carboxylic acids is 1. The lowest BCUT2D eigenvalue weighted by atomic mass is 10.0. The summed E-state index contributed by atoms with van der Waals surface area (Å²) in [6, 6.07) is 13.6. The first-order valence-electron chi connectivity index (χ1n) is 9.55. The van der Waals surface area contributed by atoms with Gasteiger partial charge in [-0.3, -0.25) is 9.69 Å². The van der Waals surface area contributed by atoms with Crippen LogP contribution in [0.25, 0.3) is 0 Å². The zero-order valence-corrected chi connectivity index (χ0v) is 17.8. The van der Waals surface area contributed by atoms with Crippen molar-refractivity contribution in [2.75, 3.05) is 39.6 Å². The van der Waals surface area contributed by atoms with E-state index in [0.717, 1.165) is 35.8 Å². The Morgan fingerprint density at radius 2 is 1.76 bits per heavy atom. The third kappa shape index (κ3) is 4.60. The molecule has 8 heteroatoms. The van der Waals surface area contributed by atoms with Crippen LogP contribution in [0.3, 0.4) is 0 Å². The molecule has 0 aliphatic carbocycles. The van der Waals surface area contributed by atoms with Gasteiger partial charge in [0.05, 0.1) is 17.7 Å². The maximum absolute atomic E-state index is 13.3. The first-order chi connectivity index (χ1) is 13.8. The number of nitrogens with zero attached hydrogens (tertiary/aromatic N) is 2. The number of carbonyl (C=O) groups is 1. The van der Waals surface area contributed by atoms with Gasteiger partial charge >= 0.3 is 0 Å². The summed E-state index contributed by atoms with van der Waals surface area (Å²) >= 11 is 0. The Kier molecular flexibility index (Phi) is 6.56. The van der Waals surface area contributed by atoms with Crippen LogP contribution in [-0.2, 0) is 14.8 Å². The Balaban J connectivity index is 1.95. The molecule has 1 heterocycles. The van der Waals surface area contributed by atoms with E-state index in [2.05, 4.69) is 10.2 Å². The van der Waals surface area contributed by atoms with Gasteiger partial charge in [0.15, 0.2) is 0 Å². The van der Waals surface area contributed by atoms with Gasteiger partial charge in [-0.25, -0.2) is 12.7 Å². The summed E-state index contributed by atoms with van der Waals surface area (Å²) in [7, 11) is 0.792. The highest BCUT2D eigenvalue weighted by molar-refractivity contribution is 7.89. The van der Waals surface area contributed by atoms with Gasteiger partial charge < -0.3 is 10.1 Å². The summed E-state index contributed by atoms with van der Waals surface area (Å²) in [5.41, 5.74) is 1.24. The molecular formula is C21H27N3O4S. The van der Waals surface area contributed by atoms with Gasteiger partial charge in [-0.15, -0.1) is 0 Å². The zero-order valence-electron chi connectivity index (χ0n) is 17.0. The molecule has 156 valence electrons. The standard InChI is InChI=1S/C21H27N3O4S/c1-23(2)29(26,27)17-11-12-19(28-3)18(15-17)22-21(25)20(24-13-7-8-14-24)16-9-5-4-6-10-16/h4-6,9-12,15,20H,7-8,13-14H2,1-3H3,(H,22,25). The molecule has 1 amide bonds. The topological polar surface area (TPSA) is 79.0 Å². The van der Waals surface area contributed by atoms with Crippen LogP contribution >= 0.6 is 0 Å². The largest absolute Gasteiger partial charge is 0.495 e. The maximum atomic E-state index is 13.3. The van der Waals surface area contributed by atoms with Crippen LogP contribution in [0.4, 0.5) is 5.69 Å². The number of ether oxygens (including phenoxy) is 1. The third-order valence-electron chi connectivity index (χ3n) is 5.08. The Hall–Kier alpha value is -2.42. The summed E-state index contributed by atoms with van der Waals surface area (Å²) in [5.74, 6) is 0.195. The van der Waals surface area contributed by atoms with Crippen LogP contribution in [0.2, 0.25) is 0 Å². The lowest BCUT2D eigenvalue weighted by molar-refractivity contribution is -0.121. The van der Waals surface area contributed by atoms with Crippen molar-refractivity contribution in [1.82, 2.24) is 9.21 Å². The lowest BCUT2D eigenvalue weighted by Gasteiger charge is -2.27. The van der Waals surface area contributed by atoms with Gasteiger partial charge in [-0.2, -0.15) is 0 Å². The maximum Gasteiger partial charge on any atom is 0.246 e. The minimum Gasteiger partial charge on any atom is -0.495 e. The first-order valence-corrected chi connectivity index (χ1v) is 11.0. The third-order valence-corrected chi connectivity index (χ3v) is 6.89. The number of hydrogen-bond acceptors (Lipinski definition) is 5. The molecule has 1 aliphatic rings. The second-order valence-corrected chi connectivity index (χ2v) is 9.35. The highest BCUT2D eigenvalue weighted by atomic mass is 32.2. The predicted octanol–water partition coefficient (Wildman–Crippen LogP) is 2.72. The molecule has 0 spiro atoms. The zero-order chi connectivity index (χ0) is 21.0. The van der Waals surface area contributed by atoms with Crippen molar-refractivity contribution >= 4 is 21.6 Å². The van der Waals surface area contributed by atoms with Crippen molar-refractivity contribution in [1.29, 1.82) is 0 Å². The molecule has 29 heavy (non-hydrogen) atoms. The first kappa shape index (κ1) is 21.3.